The fraction of sp³-hybridized carbons (Fsp3) is 0.200. The molecule has 0 aromatic heterocycles. The Bertz CT molecular complexity index is 363. The van der Waals surface area contributed by atoms with E-state index in [1.807, 2.05) is 0 Å². The second kappa shape index (κ2) is 3.44. The van der Waals surface area contributed by atoms with E-state index in [0.29, 0.717) is 0 Å². The third-order valence-electron chi connectivity index (χ3n) is 1.88. The topological polar surface area (TPSA) is 0 Å². The smallest absolute Gasteiger partial charge is 0.206 e. The van der Waals surface area contributed by atoms with Crippen molar-refractivity contribution >= 4 is 6.08 Å². The summed E-state index contributed by atoms with van der Waals surface area (Å²) in [6.45, 7) is 4.46. The van der Waals surface area contributed by atoms with Crippen LogP contribution in [0.15, 0.2) is 18.7 Å². The lowest BCUT2D eigenvalue weighted by molar-refractivity contribution is -0.140. The van der Waals surface area contributed by atoms with Gasteiger partial charge in [0.2, 0.25) is 0 Å². The average molecular weight is 204 g/mol. The van der Waals surface area contributed by atoms with Crippen molar-refractivity contribution in [2.24, 2.45) is 0 Å². The van der Waals surface area contributed by atoms with Crippen molar-refractivity contribution in [1.82, 2.24) is 0 Å². The molecule has 1 aromatic carbocycles. The Labute approximate surface area is 78.9 Å². The van der Waals surface area contributed by atoms with Crippen LogP contribution in [0.4, 0.5) is 17.6 Å². The van der Waals surface area contributed by atoms with E-state index >= 15 is 0 Å². The molecule has 0 amide bonds. The van der Waals surface area contributed by atoms with Crippen molar-refractivity contribution in [3.05, 3.63) is 41.2 Å². The highest BCUT2D eigenvalue weighted by molar-refractivity contribution is 5.51. The summed E-state index contributed by atoms with van der Waals surface area (Å²) in [7, 11) is 0. The predicted octanol–water partition coefficient (Wildman–Crippen LogP) is 3.80. The maximum Gasteiger partial charge on any atom is 0.419 e. The van der Waals surface area contributed by atoms with Gasteiger partial charge < -0.3 is 0 Å². The minimum Gasteiger partial charge on any atom is -0.206 e. The molecule has 0 heterocycles. The highest BCUT2D eigenvalue weighted by Gasteiger charge is 2.36. The number of alkyl halides is 3. The summed E-state index contributed by atoms with van der Waals surface area (Å²) in [5.41, 5.74) is -1.47. The highest BCUT2D eigenvalue weighted by atomic mass is 19.4. The zero-order chi connectivity index (χ0) is 10.9. The molecule has 76 valence electrons. The van der Waals surface area contributed by atoms with Crippen LogP contribution in [0.5, 0.6) is 0 Å². The number of hydrogen-bond acceptors (Lipinski definition) is 0. The molecule has 0 aliphatic rings. The van der Waals surface area contributed by atoms with Crippen LogP contribution in [-0.2, 0) is 6.18 Å². The summed E-state index contributed by atoms with van der Waals surface area (Å²) in [6, 6.07) is 2.50. The van der Waals surface area contributed by atoms with Crippen LogP contribution in [-0.4, -0.2) is 0 Å². The summed E-state index contributed by atoms with van der Waals surface area (Å²) in [4.78, 5) is 0. The highest BCUT2D eigenvalue weighted by Crippen LogP contribution is 2.35. The third kappa shape index (κ3) is 1.78. The third-order valence-corrected chi connectivity index (χ3v) is 1.88. The van der Waals surface area contributed by atoms with E-state index in [2.05, 4.69) is 6.58 Å². The number of aryl methyl sites for hydroxylation is 1. The van der Waals surface area contributed by atoms with Crippen molar-refractivity contribution in [3.8, 4) is 0 Å². The summed E-state index contributed by atoms with van der Waals surface area (Å²) >= 11 is 0. The van der Waals surface area contributed by atoms with Gasteiger partial charge in [-0.25, -0.2) is 4.39 Å². The summed E-state index contributed by atoms with van der Waals surface area (Å²) in [5.74, 6) is -1.26. The maximum absolute atomic E-state index is 13.2. The van der Waals surface area contributed by atoms with E-state index in [0.717, 1.165) is 6.08 Å². The minimum atomic E-state index is -4.66. The summed E-state index contributed by atoms with van der Waals surface area (Å²) < 4.78 is 50.3. The van der Waals surface area contributed by atoms with Gasteiger partial charge in [-0.05, 0) is 12.5 Å². The number of hydrogen-bond donors (Lipinski definition) is 0. The van der Waals surface area contributed by atoms with Crippen LogP contribution in [0.1, 0.15) is 16.7 Å². The van der Waals surface area contributed by atoms with Crippen LogP contribution in [0.2, 0.25) is 0 Å². The van der Waals surface area contributed by atoms with Crippen LogP contribution >= 0.6 is 0 Å². The molecule has 4 heteroatoms. The second-order valence-electron chi connectivity index (χ2n) is 2.86. The standard InChI is InChI=1S/C10H8F4/c1-3-7-5-4-6(2)8(9(7)11)10(12,13)14/h3-5H,1H2,2H3. The fourth-order valence-electron chi connectivity index (χ4n) is 1.19. The molecule has 14 heavy (non-hydrogen) atoms. The molecule has 0 unspecified atom stereocenters. The Hall–Kier alpha value is -1.32. The zero-order valence-corrected chi connectivity index (χ0v) is 7.45. The summed E-state index contributed by atoms with van der Waals surface area (Å²) in [5, 5.41) is 0. The Kier molecular flexibility index (Phi) is 2.64. The predicted molar refractivity (Wildman–Crippen MR) is 46.2 cm³/mol. The molecule has 0 bridgehead atoms. The van der Waals surface area contributed by atoms with Gasteiger partial charge in [0, 0.05) is 5.56 Å². The SMILES string of the molecule is C=Cc1ccc(C)c(C(F)(F)F)c1F. The van der Waals surface area contributed by atoms with E-state index in [9.17, 15) is 17.6 Å². The van der Waals surface area contributed by atoms with E-state index in [1.165, 1.54) is 19.1 Å². The van der Waals surface area contributed by atoms with Crippen molar-refractivity contribution in [1.29, 1.82) is 0 Å². The number of halogens is 4. The Morgan fingerprint density at radius 2 is 1.86 bits per heavy atom. The van der Waals surface area contributed by atoms with E-state index in [-0.39, 0.29) is 11.1 Å². The van der Waals surface area contributed by atoms with Gasteiger partial charge in [0.05, 0.1) is 5.56 Å². The van der Waals surface area contributed by atoms with Gasteiger partial charge in [-0.15, -0.1) is 0 Å². The van der Waals surface area contributed by atoms with Gasteiger partial charge in [0.25, 0.3) is 0 Å². The van der Waals surface area contributed by atoms with Crippen molar-refractivity contribution in [2.45, 2.75) is 13.1 Å². The lowest BCUT2D eigenvalue weighted by atomic mass is 10.0. The maximum atomic E-state index is 13.2. The Morgan fingerprint density at radius 1 is 1.29 bits per heavy atom. The Morgan fingerprint density at radius 3 is 2.29 bits per heavy atom. The molecule has 0 fully saturated rings. The molecule has 0 aliphatic heterocycles. The van der Waals surface area contributed by atoms with E-state index < -0.39 is 17.6 Å². The molecule has 0 nitrogen and oxygen atoms in total. The first-order valence-electron chi connectivity index (χ1n) is 3.86. The van der Waals surface area contributed by atoms with Crippen molar-refractivity contribution in [3.63, 3.8) is 0 Å². The largest absolute Gasteiger partial charge is 0.419 e. The fourth-order valence-corrected chi connectivity index (χ4v) is 1.19. The lowest BCUT2D eigenvalue weighted by Crippen LogP contribution is -2.11. The number of benzene rings is 1. The molecule has 0 aliphatic carbocycles. The van der Waals surface area contributed by atoms with Gasteiger partial charge in [-0.2, -0.15) is 13.2 Å². The monoisotopic (exact) mass is 204 g/mol. The molecule has 0 N–H and O–H groups in total. The van der Waals surface area contributed by atoms with Gasteiger partial charge in [-0.1, -0.05) is 24.8 Å². The van der Waals surface area contributed by atoms with Gasteiger partial charge in [0.15, 0.2) is 0 Å². The summed E-state index contributed by atoms with van der Waals surface area (Å²) in [6.07, 6.45) is -3.60. The molecule has 0 saturated carbocycles. The first kappa shape index (κ1) is 10.8. The Balaban J connectivity index is 3.48. The van der Waals surface area contributed by atoms with E-state index in [1.54, 1.807) is 0 Å². The minimum absolute atomic E-state index is 0.124. The van der Waals surface area contributed by atoms with Gasteiger partial charge >= 0.3 is 6.18 Å². The average Bonchev–Trinajstić information content (AvgIpc) is 2.02. The molecule has 0 radical (unpaired) electrons. The molecular formula is C10H8F4. The first-order chi connectivity index (χ1) is 6.38. The second-order valence-corrected chi connectivity index (χ2v) is 2.86. The first-order valence-corrected chi connectivity index (χ1v) is 3.86. The van der Waals surface area contributed by atoms with Gasteiger partial charge in [-0.3, -0.25) is 0 Å². The zero-order valence-electron chi connectivity index (χ0n) is 7.45. The molecule has 0 atom stereocenters. The van der Waals surface area contributed by atoms with Crippen LogP contribution in [0.25, 0.3) is 6.08 Å². The van der Waals surface area contributed by atoms with Crippen molar-refractivity contribution < 1.29 is 17.6 Å². The van der Waals surface area contributed by atoms with E-state index in [4.69, 9.17) is 0 Å². The normalized spacial score (nSPS) is 11.5. The molecule has 0 spiro atoms. The number of rotatable bonds is 1. The molecule has 0 saturated heterocycles. The molecule has 1 rings (SSSR count). The van der Waals surface area contributed by atoms with Crippen LogP contribution < -0.4 is 0 Å². The molecule has 1 aromatic rings. The van der Waals surface area contributed by atoms with Crippen LogP contribution in [0, 0.1) is 12.7 Å². The molecular weight excluding hydrogens is 196 g/mol. The van der Waals surface area contributed by atoms with Gasteiger partial charge in [0.1, 0.15) is 5.82 Å². The lowest BCUT2D eigenvalue weighted by Gasteiger charge is -2.12. The quantitative estimate of drug-likeness (QED) is 0.610. The van der Waals surface area contributed by atoms with Crippen molar-refractivity contribution in [2.75, 3.05) is 0 Å². The van der Waals surface area contributed by atoms with Crippen LogP contribution in [0.3, 0.4) is 0 Å².